The van der Waals surface area contributed by atoms with E-state index >= 15 is 0 Å². The average molecular weight is 1420 g/mol. The summed E-state index contributed by atoms with van der Waals surface area (Å²) in [5.41, 5.74) is 0. The minimum atomic E-state index is -1.02. The van der Waals surface area contributed by atoms with Gasteiger partial charge in [0.1, 0.15) is 50.8 Å². The summed E-state index contributed by atoms with van der Waals surface area (Å²) in [6.45, 7) is 10.6. The highest BCUT2D eigenvalue weighted by atomic mass is 16.6. The van der Waals surface area contributed by atoms with Crippen molar-refractivity contribution < 1.29 is 58.6 Å². The van der Waals surface area contributed by atoms with Crippen LogP contribution < -0.4 is 0 Å². The van der Waals surface area contributed by atoms with E-state index in [1.54, 1.807) is 0 Å². The fourth-order valence-corrected chi connectivity index (χ4v) is 13.0. The van der Waals surface area contributed by atoms with E-state index < -0.39 is 24.4 Å². The van der Waals surface area contributed by atoms with Crippen LogP contribution >= 0.6 is 0 Å². The molecule has 0 aromatic heterocycles. The molecule has 0 radical (unpaired) electrons. The third-order valence-corrected chi connectivity index (χ3v) is 19.5. The smallest absolute Gasteiger partial charge is 0.305 e. The zero-order chi connectivity index (χ0) is 73.1. The maximum absolute atomic E-state index is 12.8. The Labute approximate surface area is 616 Å². The van der Waals surface area contributed by atoms with Crippen LogP contribution in [-0.4, -0.2) is 169 Å². The molecular formula is C85H163N3O12. The van der Waals surface area contributed by atoms with Crippen molar-refractivity contribution in [3.63, 3.8) is 0 Å². The molecule has 0 saturated carbocycles. The molecule has 0 amide bonds. The quantitative estimate of drug-likeness (QED) is 0.0194. The number of rotatable bonds is 80. The van der Waals surface area contributed by atoms with Gasteiger partial charge in [-0.2, -0.15) is 0 Å². The van der Waals surface area contributed by atoms with Crippen molar-refractivity contribution >= 4 is 23.9 Å². The largest absolute Gasteiger partial charge is 0.463 e. The number of hydrogen-bond acceptors (Lipinski definition) is 15. The van der Waals surface area contributed by atoms with Gasteiger partial charge in [-0.25, -0.2) is 0 Å². The molecule has 0 heterocycles. The van der Waals surface area contributed by atoms with Crippen LogP contribution in [-0.2, 0) is 38.1 Å². The number of allylic oxidation sites excluding steroid dienone is 4. The molecule has 0 bridgehead atoms. The van der Waals surface area contributed by atoms with E-state index in [-0.39, 0.29) is 76.5 Å². The Balaban J connectivity index is 5.54. The second-order valence-corrected chi connectivity index (χ2v) is 29.8. The number of likely N-dealkylation sites (N-methyl/N-ethyl adjacent to an activating group) is 1. The van der Waals surface area contributed by atoms with Crippen LogP contribution in [0.25, 0.3) is 0 Å². The summed E-state index contributed by atoms with van der Waals surface area (Å²) < 4.78 is 22.2. The van der Waals surface area contributed by atoms with Crippen molar-refractivity contribution in [3.8, 4) is 0 Å². The monoisotopic (exact) mass is 1420 g/mol. The lowest BCUT2D eigenvalue weighted by Gasteiger charge is -2.31. The molecule has 0 rings (SSSR count). The summed E-state index contributed by atoms with van der Waals surface area (Å²) in [6, 6.07) is 0. The molecular weight excluding hydrogens is 1250 g/mol. The summed E-state index contributed by atoms with van der Waals surface area (Å²) in [5.74, 6) is -1.34. The van der Waals surface area contributed by atoms with Crippen LogP contribution in [0.3, 0.4) is 0 Å². The molecule has 0 aromatic rings. The lowest BCUT2D eigenvalue weighted by molar-refractivity contribution is -0.148. The molecule has 0 saturated heterocycles. The van der Waals surface area contributed by atoms with Gasteiger partial charge in [0.2, 0.25) is 0 Å². The third kappa shape index (κ3) is 73.4. The predicted octanol–water partition coefficient (Wildman–Crippen LogP) is 20.2. The van der Waals surface area contributed by atoms with E-state index in [0.717, 1.165) is 116 Å². The number of aliphatic hydroxyl groups excluding tert-OH is 4. The van der Waals surface area contributed by atoms with Gasteiger partial charge in [0.15, 0.2) is 0 Å². The number of carbonyl (C=O) groups is 4. The second kappa shape index (κ2) is 77.2. The molecule has 0 fully saturated rings. The Morgan fingerprint density at radius 3 is 0.620 bits per heavy atom. The van der Waals surface area contributed by atoms with Gasteiger partial charge in [-0.05, 0) is 84.1 Å². The summed E-state index contributed by atoms with van der Waals surface area (Å²) in [4.78, 5) is 57.1. The zero-order valence-electron chi connectivity index (χ0n) is 66.1. The summed E-state index contributed by atoms with van der Waals surface area (Å²) in [5, 5.41) is 45.0. The van der Waals surface area contributed by atoms with Crippen LogP contribution in [0.5, 0.6) is 0 Å². The van der Waals surface area contributed by atoms with Crippen LogP contribution in [0, 0.1) is 0 Å². The highest BCUT2D eigenvalue weighted by Gasteiger charge is 2.22. The Morgan fingerprint density at radius 2 is 0.430 bits per heavy atom. The van der Waals surface area contributed by atoms with Gasteiger partial charge in [-0.1, -0.05) is 309 Å². The molecule has 590 valence electrons. The minimum absolute atomic E-state index is 0.108. The highest BCUT2D eigenvalue weighted by molar-refractivity contribution is 5.70. The Morgan fingerprint density at radius 1 is 0.260 bits per heavy atom. The fourth-order valence-electron chi connectivity index (χ4n) is 13.0. The first-order valence-electron chi connectivity index (χ1n) is 42.6. The van der Waals surface area contributed by atoms with Gasteiger partial charge in [0, 0.05) is 78.0 Å². The maximum Gasteiger partial charge on any atom is 0.305 e. The maximum atomic E-state index is 12.8. The number of unbranched alkanes of at least 4 members (excludes halogenated alkanes) is 46. The van der Waals surface area contributed by atoms with E-state index in [0.29, 0.717) is 51.9 Å². The van der Waals surface area contributed by atoms with E-state index in [9.17, 15) is 39.6 Å². The lowest BCUT2D eigenvalue weighted by Crippen LogP contribution is -2.46. The Kier molecular flexibility index (Phi) is 74.9. The minimum Gasteiger partial charge on any atom is -0.463 e. The van der Waals surface area contributed by atoms with Crippen molar-refractivity contribution in [1.82, 2.24) is 14.7 Å². The van der Waals surface area contributed by atoms with Crippen molar-refractivity contribution in [3.05, 3.63) is 24.3 Å². The molecule has 0 aliphatic heterocycles. The molecule has 4 unspecified atom stereocenters. The summed E-state index contributed by atoms with van der Waals surface area (Å²) in [7, 11) is 1.94. The first kappa shape index (κ1) is 97.1. The number of esters is 4. The van der Waals surface area contributed by atoms with Crippen molar-refractivity contribution in [1.29, 1.82) is 0 Å². The van der Waals surface area contributed by atoms with Gasteiger partial charge >= 0.3 is 23.9 Å². The number of ether oxygens (including phenoxy) is 4. The number of aliphatic hydroxyl groups is 4. The Bertz CT molecular complexity index is 1700. The standard InChI is InChI=1S/C85H163N3O12/c1-6-10-14-18-22-26-30-34-36-40-44-48-52-56-60-64-84(95)99-76-80(91)72-87(70-78(89)74-97-82(93)62-58-54-50-46-42-38-32-28-24-20-16-12-8-3)68-66-86(5)67-69-88(71-79(90)75-98-83(94)63-59-55-51-47-43-39-33-29-25-21-17-13-9-4)73-81(92)77-100-85(96)65-61-57-53-49-45-41-37-35-31-27-23-19-15-11-7-2/h34-37,78-81,89-92H,6-33,38-77H2,1-5H3/b36-34+,37-35+. The van der Waals surface area contributed by atoms with E-state index in [4.69, 9.17) is 18.9 Å². The molecule has 0 aliphatic rings. The van der Waals surface area contributed by atoms with Crippen molar-refractivity contribution in [2.75, 3.05) is 85.8 Å². The van der Waals surface area contributed by atoms with Crippen molar-refractivity contribution in [2.24, 2.45) is 0 Å². The zero-order valence-corrected chi connectivity index (χ0v) is 66.1. The number of carbonyl (C=O) groups excluding carboxylic acids is 4. The SMILES string of the molecule is CCCCCCCC/C=C/CCCCCCCC(=O)OCC(O)CN(CCN(C)CCN(CC(O)COC(=O)CCCCCCC/C=C/CCCCCCCC)CC(O)COC(=O)CCCCCCCCCCCCCCC)CC(O)COC(=O)CCCCCCCCCCCCCCC. The molecule has 0 spiro atoms. The first-order valence-corrected chi connectivity index (χ1v) is 42.6. The normalized spacial score (nSPS) is 13.2. The highest BCUT2D eigenvalue weighted by Crippen LogP contribution is 2.18. The molecule has 0 aliphatic carbocycles. The van der Waals surface area contributed by atoms with E-state index in [1.807, 2.05) is 16.8 Å². The average Bonchev–Trinajstić information content (AvgIpc) is 1.69. The Hall–Kier alpha value is -2.92. The van der Waals surface area contributed by atoms with Crippen LogP contribution in [0.4, 0.5) is 0 Å². The van der Waals surface area contributed by atoms with E-state index in [1.165, 1.54) is 218 Å². The summed E-state index contributed by atoms with van der Waals surface area (Å²) in [6.07, 6.45) is 68.4. The predicted molar refractivity (Wildman–Crippen MR) is 418 cm³/mol. The molecule has 100 heavy (non-hydrogen) atoms. The first-order chi connectivity index (χ1) is 48.8. The van der Waals surface area contributed by atoms with Gasteiger partial charge in [-0.15, -0.1) is 0 Å². The lowest BCUT2D eigenvalue weighted by atomic mass is 10.0. The third-order valence-electron chi connectivity index (χ3n) is 19.5. The molecule has 4 atom stereocenters. The van der Waals surface area contributed by atoms with Crippen LogP contribution in [0.1, 0.15) is 387 Å². The van der Waals surface area contributed by atoms with Gasteiger partial charge in [0.05, 0.1) is 0 Å². The number of hydrogen-bond donors (Lipinski definition) is 4. The van der Waals surface area contributed by atoms with Crippen LogP contribution in [0.2, 0.25) is 0 Å². The van der Waals surface area contributed by atoms with Crippen molar-refractivity contribution in [2.45, 2.75) is 412 Å². The molecule has 4 N–H and O–H groups in total. The molecule has 15 nitrogen and oxygen atoms in total. The van der Waals surface area contributed by atoms with Crippen LogP contribution in [0.15, 0.2) is 24.3 Å². The van der Waals surface area contributed by atoms with Gasteiger partial charge < -0.3 is 44.3 Å². The van der Waals surface area contributed by atoms with E-state index in [2.05, 4.69) is 56.9 Å². The number of nitrogens with zero attached hydrogens (tertiary/aromatic N) is 3. The fraction of sp³-hybridized carbons (Fsp3) is 0.906. The second-order valence-electron chi connectivity index (χ2n) is 29.8. The molecule has 15 heteroatoms. The topological polar surface area (TPSA) is 196 Å². The molecule has 0 aromatic carbocycles. The summed E-state index contributed by atoms with van der Waals surface area (Å²) >= 11 is 0. The van der Waals surface area contributed by atoms with Gasteiger partial charge in [0.25, 0.3) is 0 Å². The van der Waals surface area contributed by atoms with Gasteiger partial charge in [-0.3, -0.25) is 29.0 Å².